The highest BCUT2D eigenvalue weighted by atomic mass is 35.5. The van der Waals surface area contributed by atoms with Gasteiger partial charge in [-0.2, -0.15) is 5.26 Å². The number of nitrogens with one attached hydrogen (secondary N) is 1. The number of carbonyl (C=O) groups excluding carboxylic acids is 1. The number of amides is 1. The number of nitro benzene ring substituents is 1. The summed E-state index contributed by atoms with van der Waals surface area (Å²) in [5.41, 5.74) is 0.889. The summed E-state index contributed by atoms with van der Waals surface area (Å²) in [6, 6.07) is 18.0. The van der Waals surface area contributed by atoms with E-state index in [1.165, 1.54) is 18.2 Å². The van der Waals surface area contributed by atoms with Crippen LogP contribution in [0.1, 0.15) is 18.1 Å². The largest absolute Gasteiger partial charge is 0.490 e. The molecule has 178 valence electrons. The van der Waals surface area contributed by atoms with Gasteiger partial charge in [0.1, 0.15) is 23.3 Å². The molecule has 3 rings (SSSR count). The van der Waals surface area contributed by atoms with Gasteiger partial charge in [-0.25, -0.2) is 0 Å². The highest BCUT2D eigenvalue weighted by molar-refractivity contribution is 6.32. The van der Waals surface area contributed by atoms with Crippen LogP contribution in [-0.4, -0.2) is 17.4 Å². The van der Waals surface area contributed by atoms with Gasteiger partial charge in [0.05, 0.1) is 11.5 Å². The van der Waals surface area contributed by atoms with Gasteiger partial charge in [0.2, 0.25) is 0 Å². The zero-order chi connectivity index (χ0) is 25.4. The molecule has 0 saturated heterocycles. The monoisotopic (exact) mass is 511 g/mol. The lowest BCUT2D eigenvalue weighted by atomic mass is 10.1. The molecule has 0 aromatic heterocycles. The summed E-state index contributed by atoms with van der Waals surface area (Å²) >= 11 is 12.0. The second-order valence-electron chi connectivity index (χ2n) is 7.07. The number of benzene rings is 3. The molecule has 0 radical (unpaired) electrons. The van der Waals surface area contributed by atoms with E-state index in [0.29, 0.717) is 28.7 Å². The van der Waals surface area contributed by atoms with Crippen LogP contribution in [0, 0.1) is 21.4 Å². The smallest absolute Gasteiger partial charge is 0.289 e. The number of anilines is 1. The third-order valence-corrected chi connectivity index (χ3v) is 5.37. The fourth-order valence-electron chi connectivity index (χ4n) is 3.02. The summed E-state index contributed by atoms with van der Waals surface area (Å²) in [7, 11) is 0. The number of hydrogen-bond acceptors (Lipinski definition) is 6. The molecule has 0 fully saturated rings. The third-order valence-electron chi connectivity index (χ3n) is 4.69. The Balaban J connectivity index is 1.80. The predicted octanol–water partition coefficient (Wildman–Crippen LogP) is 6.42. The van der Waals surface area contributed by atoms with Gasteiger partial charge in [-0.05, 0) is 48.9 Å². The Bertz CT molecular complexity index is 1330. The normalized spacial score (nSPS) is 10.9. The number of hydrogen-bond donors (Lipinski definition) is 1. The Labute approximate surface area is 211 Å². The number of rotatable bonds is 9. The maximum atomic E-state index is 12.6. The van der Waals surface area contributed by atoms with E-state index in [-0.39, 0.29) is 28.6 Å². The number of nitriles is 1. The van der Waals surface area contributed by atoms with Crippen molar-refractivity contribution in [1.29, 1.82) is 5.26 Å². The van der Waals surface area contributed by atoms with Crippen molar-refractivity contribution in [2.24, 2.45) is 0 Å². The number of carbonyl (C=O) groups is 1. The van der Waals surface area contributed by atoms with Crippen molar-refractivity contribution in [3.8, 4) is 17.6 Å². The summed E-state index contributed by atoms with van der Waals surface area (Å²) in [4.78, 5) is 23.0. The first kappa shape index (κ1) is 25.6. The molecule has 1 N–H and O–H groups in total. The van der Waals surface area contributed by atoms with Crippen molar-refractivity contribution < 1.29 is 19.2 Å². The molecule has 35 heavy (non-hydrogen) atoms. The Morgan fingerprint density at radius 1 is 1.09 bits per heavy atom. The van der Waals surface area contributed by atoms with Gasteiger partial charge < -0.3 is 14.8 Å². The molecule has 0 spiro atoms. The third kappa shape index (κ3) is 6.73. The quantitative estimate of drug-likeness (QED) is 0.153. The van der Waals surface area contributed by atoms with Gasteiger partial charge in [0.25, 0.3) is 11.6 Å². The van der Waals surface area contributed by atoms with Gasteiger partial charge in [0, 0.05) is 22.3 Å². The number of halogens is 2. The molecular weight excluding hydrogens is 493 g/mol. The summed E-state index contributed by atoms with van der Waals surface area (Å²) in [6.07, 6.45) is 1.38. The van der Waals surface area contributed by atoms with Crippen molar-refractivity contribution >= 4 is 46.6 Å². The first-order chi connectivity index (χ1) is 16.8. The molecule has 0 atom stereocenters. The van der Waals surface area contributed by atoms with Crippen LogP contribution < -0.4 is 14.8 Å². The zero-order valence-corrected chi connectivity index (χ0v) is 20.0. The highest BCUT2D eigenvalue weighted by Gasteiger charge is 2.16. The van der Waals surface area contributed by atoms with Crippen molar-refractivity contribution in [2.75, 3.05) is 11.9 Å². The molecule has 0 saturated carbocycles. The molecule has 0 bridgehead atoms. The van der Waals surface area contributed by atoms with Gasteiger partial charge in [-0.15, -0.1) is 0 Å². The first-order valence-electron chi connectivity index (χ1n) is 10.3. The van der Waals surface area contributed by atoms with E-state index in [9.17, 15) is 20.2 Å². The van der Waals surface area contributed by atoms with E-state index < -0.39 is 10.8 Å². The zero-order valence-electron chi connectivity index (χ0n) is 18.5. The van der Waals surface area contributed by atoms with Crippen LogP contribution >= 0.6 is 23.2 Å². The Hall–Kier alpha value is -4.06. The molecule has 10 heteroatoms. The second kappa shape index (κ2) is 11.9. The Morgan fingerprint density at radius 3 is 2.54 bits per heavy atom. The molecule has 0 aliphatic rings. The molecule has 0 aliphatic heterocycles. The minimum absolute atomic E-state index is 0.0654. The maximum absolute atomic E-state index is 12.6. The van der Waals surface area contributed by atoms with E-state index in [0.717, 1.165) is 11.6 Å². The topological polar surface area (TPSA) is 114 Å². The van der Waals surface area contributed by atoms with E-state index >= 15 is 0 Å². The van der Waals surface area contributed by atoms with E-state index in [1.807, 2.05) is 31.2 Å². The summed E-state index contributed by atoms with van der Waals surface area (Å²) in [6.45, 7) is 2.42. The van der Waals surface area contributed by atoms with Crippen LogP contribution in [0.15, 0.2) is 66.2 Å². The average Bonchev–Trinajstić information content (AvgIpc) is 2.84. The van der Waals surface area contributed by atoms with Gasteiger partial charge in [-0.3, -0.25) is 14.9 Å². The predicted molar refractivity (Wildman–Crippen MR) is 134 cm³/mol. The molecule has 0 aliphatic carbocycles. The second-order valence-corrected chi connectivity index (χ2v) is 7.88. The van der Waals surface area contributed by atoms with Crippen LogP contribution in [0.2, 0.25) is 10.0 Å². The van der Waals surface area contributed by atoms with Crippen LogP contribution in [0.4, 0.5) is 11.4 Å². The molecule has 0 heterocycles. The van der Waals surface area contributed by atoms with E-state index in [1.54, 1.807) is 24.3 Å². The fraction of sp³-hybridized carbons (Fsp3) is 0.120. The standard InChI is InChI=1S/C25H19Cl2N3O5/c1-2-34-24-12-16(7-10-23(24)35-15-17-5-3-4-6-20(17)26)11-18(14-28)25(31)29-19-8-9-21(27)22(13-19)30(32)33/h3-13H,2,15H2,1H3,(H,29,31)/b18-11+. The lowest BCUT2D eigenvalue weighted by Gasteiger charge is -2.13. The molecular formula is C25H19Cl2N3O5. The van der Waals surface area contributed by atoms with E-state index in [2.05, 4.69) is 5.32 Å². The number of nitro groups is 1. The first-order valence-corrected chi connectivity index (χ1v) is 11.1. The minimum atomic E-state index is -0.735. The Kier molecular flexibility index (Phi) is 8.68. The number of nitrogens with zero attached hydrogens (tertiary/aromatic N) is 2. The van der Waals surface area contributed by atoms with Crippen LogP contribution in [0.3, 0.4) is 0 Å². The molecule has 8 nitrogen and oxygen atoms in total. The minimum Gasteiger partial charge on any atom is -0.490 e. The molecule has 1 amide bonds. The lowest BCUT2D eigenvalue weighted by molar-refractivity contribution is -0.384. The van der Waals surface area contributed by atoms with Crippen molar-refractivity contribution in [1.82, 2.24) is 0 Å². The lowest BCUT2D eigenvalue weighted by Crippen LogP contribution is -2.13. The molecule has 0 unspecified atom stereocenters. The summed E-state index contributed by atoms with van der Waals surface area (Å²) < 4.78 is 11.5. The highest BCUT2D eigenvalue weighted by Crippen LogP contribution is 2.31. The SMILES string of the molecule is CCOc1cc(/C=C(\C#N)C(=O)Nc2ccc(Cl)c([N+](=O)[O-])c2)ccc1OCc1ccccc1Cl. The van der Waals surface area contributed by atoms with Gasteiger partial charge in [-0.1, -0.05) is 47.5 Å². The van der Waals surface area contributed by atoms with Crippen LogP contribution in [0.5, 0.6) is 11.5 Å². The fourth-order valence-corrected chi connectivity index (χ4v) is 3.39. The van der Waals surface area contributed by atoms with Crippen LogP contribution in [0.25, 0.3) is 6.08 Å². The summed E-state index contributed by atoms with van der Waals surface area (Å²) in [5.74, 6) is 0.167. The van der Waals surface area contributed by atoms with Gasteiger partial charge >= 0.3 is 0 Å². The molecule has 3 aromatic rings. The van der Waals surface area contributed by atoms with E-state index in [4.69, 9.17) is 32.7 Å². The summed E-state index contributed by atoms with van der Waals surface area (Å²) in [5, 5.41) is 23.6. The Morgan fingerprint density at radius 2 is 1.86 bits per heavy atom. The van der Waals surface area contributed by atoms with Crippen molar-refractivity contribution in [3.63, 3.8) is 0 Å². The van der Waals surface area contributed by atoms with Gasteiger partial charge in [0.15, 0.2) is 11.5 Å². The van der Waals surface area contributed by atoms with Crippen LogP contribution in [-0.2, 0) is 11.4 Å². The number of ether oxygens (including phenoxy) is 2. The maximum Gasteiger partial charge on any atom is 0.289 e. The molecule has 3 aromatic carbocycles. The average molecular weight is 512 g/mol. The van der Waals surface area contributed by atoms with Crippen molar-refractivity contribution in [2.45, 2.75) is 13.5 Å². The van der Waals surface area contributed by atoms with Crippen molar-refractivity contribution in [3.05, 3.63) is 97.5 Å².